The quantitative estimate of drug-likeness (QED) is 0.0204. The van der Waals surface area contributed by atoms with Gasteiger partial charge in [0.15, 0.2) is 12.6 Å². The van der Waals surface area contributed by atoms with Crippen molar-refractivity contribution in [1.29, 1.82) is 0 Å². The number of carbonyl (C=O) groups excluding carboxylic acids is 1. The molecule has 0 aromatic rings. The average molecular weight is 1230 g/mol. The zero-order valence-electron chi connectivity index (χ0n) is 55.6. The maximum atomic E-state index is 13.3. The highest BCUT2D eigenvalue weighted by Gasteiger charge is 2.51. The van der Waals surface area contributed by atoms with E-state index >= 15 is 0 Å². The molecule has 12 atom stereocenters. The molecule has 0 bridgehead atoms. The SMILES string of the molecule is CCCCCCCCCCCCCCCCC/C=C/C(O)C(COC1OC(CO)C(OC2OC(CO)C(O)C(O)C2O)C(O)C1O)NC(=O)CCCCCCCCCCCCCCCCCCCCCCCCCCCCCCCCCCCCC. The molecule has 0 radical (unpaired) electrons. The van der Waals surface area contributed by atoms with Crippen molar-refractivity contribution >= 4 is 5.91 Å². The average Bonchev–Trinajstić information content (AvgIpc) is 2.38. The third kappa shape index (κ3) is 41.3. The van der Waals surface area contributed by atoms with Gasteiger partial charge in [0.1, 0.15) is 48.8 Å². The molecule has 2 aliphatic rings. The predicted molar refractivity (Wildman–Crippen MR) is 351 cm³/mol. The smallest absolute Gasteiger partial charge is 0.220 e. The molecule has 0 aromatic heterocycles. The summed E-state index contributed by atoms with van der Waals surface area (Å²) in [5.41, 5.74) is 0. The molecular weight excluding hydrogens is 1090 g/mol. The van der Waals surface area contributed by atoms with Gasteiger partial charge in [0.2, 0.25) is 5.91 Å². The van der Waals surface area contributed by atoms with Gasteiger partial charge in [0.05, 0.1) is 32.0 Å². The maximum absolute atomic E-state index is 13.3. The molecule has 2 saturated heterocycles. The number of rotatable bonds is 62. The number of nitrogens with one attached hydrogen (secondary N) is 1. The van der Waals surface area contributed by atoms with E-state index in [1.165, 1.54) is 283 Å². The van der Waals surface area contributed by atoms with Gasteiger partial charge in [0.25, 0.3) is 0 Å². The van der Waals surface area contributed by atoms with Crippen LogP contribution >= 0.6 is 0 Å². The van der Waals surface area contributed by atoms with Gasteiger partial charge < -0.3 is 65.1 Å². The molecular formula is C72H139NO13. The Morgan fingerprint density at radius 2 is 0.721 bits per heavy atom. The summed E-state index contributed by atoms with van der Waals surface area (Å²) in [6.45, 7) is 2.86. The first kappa shape index (κ1) is 80.8. The van der Waals surface area contributed by atoms with Crippen LogP contribution < -0.4 is 5.32 Å². The number of hydrogen-bond donors (Lipinski definition) is 9. The third-order valence-electron chi connectivity index (χ3n) is 18.5. The fourth-order valence-electron chi connectivity index (χ4n) is 12.6. The first-order valence-corrected chi connectivity index (χ1v) is 36.9. The summed E-state index contributed by atoms with van der Waals surface area (Å²) in [6, 6.07) is -0.911. The largest absolute Gasteiger partial charge is 0.394 e. The highest BCUT2D eigenvalue weighted by molar-refractivity contribution is 5.76. The molecule has 510 valence electrons. The van der Waals surface area contributed by atoms with Crippen LogP contribution in [0, 0.1) is 0 Å². The Morgan fingerprint density at radius 1 is 0.407 bits per heavy atom. The molecule has 2 heterocycles. The van der Waals surface area contributed by atoms with Gasteiger partial charge in [-0.2, -0.15) is 0 Å². The highest BCUT2D eigenvalue weighted by Crippen LogP contribution is 2.30. The molecule has 14 nitrogen and oxygen atoms in total. The lowest BCUT2D eigenvalue weighted by Gasteiger charge is -2.46. The zero-order chi connectivity index (χ0) is 62.3. The number of hydrogen-bond acceptors (Lipinski definition) is 13. The molecule has 2 fully saturated rings. The maximum Gasteiger partial charge on any atom is 0.220 e. The van der Waals surface area contributed by atoms with Crippen molar-refractivity contribution in [2.45, 2.75) is 421 Å². The van der Waals surface area contributed by atoms with Crippen molar-refractivity contribution in [3.05, 3.63) is 12.2 Å². The Morgan fingerprint density at radius 3 is 1.07 bits per heavy atom. The Bertz CT molecular complexity index is 1490. The van der Waals surface area contributed by atoms with Crippen molar-refractivity contribution in [2.75, 3.05) is 19.8 Å². The van der Waals surface area contributed by atoms with Crippen LogP contribution in [0.3, 0.4) is 0 Å². The number of aliphatic hydroxyl groups excluding tert-OH is 8. The zero-order valence-corrected chi connectivity index (χ0v) is 55.6. The minimum atomic E-state index is -1.79. The van der Waals surface area contributed by atoms with Gasteiger partial charge in [-0.05, 0) is 19.3 Å². The lowest BCUT2D eigenvalue weighted by Crippen LogP contribution is -2.65. The summed E-state index contributed by atoms with van der Waals surface area (Å²) >= 11 is 0. The van der Waals surface area contributed by atoms with E-state index in [1.54, 1.807) is 6.08 Å². The number of unbranched alkanes of at least 4 members (excludes halogenated alkanes) is 49. The second-order valence-corrected chi connectivity index (χ2v) is 26.4. The van der Waals surface area contributed by atoms with Crippen LogP contribution in [0.2, 0.25) is 0 Å². The first-order valence-electron chi connectivity index (χ1n) is 36.9. The van der Waals surface area contributed by atoms with Gasteiger partial charge in [-0.3, -0.25) is 4.79 Å². The van der Waals surface area contributed by atoms with Gasteiger partial charge in [-0.15, -0.1) is 0 Å². The molecule has 2 aliphatic heterocycles. The lowest BCUT2D eigenvalue weighted by atomic mass is 9.97. The molecule has 12 unspecified atom stereocenters. The second-order valence-electron chi connectivity index (χ2n) is 26.4. The van der Waals surface area contributed by atoms with Crippen molar-refractivity contribution < 1.29 is 64.6 Å². The molecule has 2 rings (SSSR count). The Balaban J connectivity index is 1.59. The highest BCUT2D eigenvalue weighted by atomic mass is 16.7. The summed E-state index contributed by atoms with van der Waals surface area (Å²) in [6.07, 6.45) is 54.4. The molecule has 0 spiro atoms. The summed E-state index contributed by atoms with van der Waals surface area (Å²) in [5, 5.41) is 87.4. The minimum absolute atomic E-state index is 0.231. The third-order valence-corrected chi connectivity index (χ3v) is 18.5. The Labute approximate surface area is 526 Å². The lowest BCUT2D eigenvalue weighted by molar-refractivity contribution is -0.359. The van der Waals surface area contributed by atoms with E-state index in [2.05, 4.69) is 19.2 Å². The monoisotopic (exact) mass is 1230 g/mol. The van der Waals surface area contributed by atoms with Gasteiger partial charge >= 0.3 is 0 Å². The van der Waals surface area contributed by atoms with Crippen LogP contribution in [0.4, 0.5) is 0 Å². The molecule has 14 heteroatoms. The van der Waals surface area contributed by atoms with Crippen LogP contribution in [0.15, 0.2) is 12.2 Å². The summed E-state index contributed by atoms with van der Waals surface area (Å²) in [7, 11) is 0. The molecule has 0 aliphatic carbocycles. The fourth-order valence-corrected chi connectivity index (χ4v) is 12.6. The first-order chi connectivity index (χ1) is 42.1. The van der Waals surface area contributed by atoms with E-state index in [1.807, 2.05) is 6.08 Å². The van der Waals surface area contributed by atoms with E-state index in [-0.39, 0.29) is 18.9 Å². The molecule has 9 N–H and O–H groups in total. The normalized spacial score (nSPS) is 23.4. The standard InChI is InChI=1S/C72H139NO13/c1-3-5-7-9-11-13-15-17-19-21-22-23-24-25-26-27-28-29-30-31-32-33-34-35-36-37-38-40-42-44-46-48-50-52-54-56-64(77)73-60(61(76)55-53-51-49-47-45-43-41-39-20-18-16-14-12-10-8-6-4-2)59-83-71-69(82)67(80)70(63(58-75)85-71)86-72-68(81)66(79)65(78)62(57-74)84-72/h53,55,60-63,65-72,74-76,78-82H,3-52,54,56-59H2,1-2H3,(H,73,77)/b55-53+. The number of carbonyl (C=O) groups is 1. The van der Waals surface area contributed by atoms with Crippen molar-refractivity contribution in [3.8, 4) is 0 Å². The summed E-state index contributed by atoms with van der Waals surface area (Å²) < 4.78 is 22.9. The second kappa shape index (κ2) is 57.6. The van der Waals surface area contributed by atoms with Crippen LogP contribution in [0.25, 0.3) is 0 Å². The molecule has 1 amide bonds. The van der Waals surface area contributed by atoms with E-state index < -0.39 is 86.8 Å². The minimum Gasteiger partial charge on any atom is -0.394 e. The van der Waals surface area contributed by atoms with Crippen molar-refractivity contribution in [2.24, 2.45) is 0 Å². The number of amides is 1. The fraction of sp³-hybridized carbons (Fsp3) is 0.958. The van der Waals surface area contributed by atoms with E-state index in [0.717, 1.165) is 44.9 Å². The van der Waals surface area contributed by atoms with Gasteiger partial charge in [-0.1, -0.05) is 334 Å². The van der Waals surface area contributed by atoms with Gasteiger partial charge in [-0.25, -0.2) is 0 Å². The van der Waals surface area contributed by atoms with Gasteiger partial charge in [0, 0.05) is 6.42 Å². The van der Waals surface area contributed by atoms with Crippen LogP contribution in [0.1, 0.15) is 348 Å². The van der Waals surface area contributed by atoms with Crippen molar-refractivity contribution in [1.82, 2.24) is 5.32 Å². The predicted octanol–water partition coefficient (Wildman–Crippen LogP) is 15.4. The number of ether oxygens (including phenoxy) is 4. The number of allylic oxidation sites excluding steroid dienone is 1. The van der Waals surface area contributed by atoms with Crippen LogP contribution in [-0.2, 0) is 23.7 Å². The Kier molecular flexibility index (Phi) is 54.1. The topological polar surface area (TPSA) is 228 Å². The van der Waals surface area contributed by atoms with Crippen LogP contribution in [0.5, 0.6) is 0 Å². The molecule has 0 saturated carbocycles. The van der Waals surface area contributed by atoms with Crippen LogP contribution in [-0.4, -0.2) is 140 Å². The van der Waals surface area contributed by atoms with E-state index in [9.17, 15) is 45.6 Å². The summed E-state index contributed by atoms with van der Waals surface area (Å²) in [4.78, 5) is 13.3. The molecule has 86 heavy (non-hydrogen) atoms. The van der Waals surface area contributed by atoms with Crippen molar-refractivity contribution in [3.63, 3.8) is 0 Å². The summed E-state index contributed by atoms with van der Waals surface area (Å²) in [5.74, 6) is -0.231. The van der Waals surface area contributed by atoms with E-state index in [0.29, 0.717) is 0 Å². The van der Waals surface area contributed by atoms with E-state index in [4.69, 9.17) is 18.9 Å². The Hall–Kier alpha value is -1.27. The number of aliphatic hydroxyl groups is 8. The molecule has 0 aromatic carbocycles.